The lowest BCUT2D eigenvalue weighted by Gasteiger charge is -2.31. The maximum absolute atomic E-state index is 12.8. The third-order valence-corrected chi connectivity index (χ3v) is 5.63. The first-order valence-electron chi connectivity index (χ1n) is 11.0. The van der Waals surface area contributed by atoms with Gasteiger partial charge in [0.25, 0.3) is 5.91 Å². The quantitative estimate of drug-likeness (QED) is 0.229. The fourth-order valence-corrected chi connectivity index (χ4v) is 3.99. The highest BCUT2D eigenvalue weighted by Gasteiger charge is 2.32. The smallest absolute Gasteiger partial charge is 0.267 e. The molecule has 0 spiro atoms. The van der Waals surface area contributed by atoms with E-state index in [1.165, 1.54) is 0 Å². The normalized spacial score (nSPS) is 18.6. The van der Waals surface area contributed by atoms with Crippen molar-refractivity contribution in [3.8, 4) is 5.75 Å². The minimum absolute atomic E-state index is 0.0913. The Morgan fingerprint density at radius 3 is 2.81 bits per heavy atom. The van der Waals surface area contributed by atoms with Gasteiger partial charge in [-0.2, -0.15) is 0 Å². The maximum Gasteiger partial charge on any atom is 0.267 e. The number of fused-ring (bicyclic) bond motifs is 1. The van der Waals surface area contributed by atoms with Crippen LogP contribution >= 0.6 is 0 Å². The zero-order valence-electron chi connectivity index (χ0n) is 18.1. The Kier molecular flexibility index (Phi) is 8.69. The molecule has 0 radical (unpaired) electrons. The van der Waals surface area contributed by atoms with Crippen molar-refractivity contribution in [1.29, 1.82) is 0 Å². The lowest BCUT2D eigenvalue weighted by molar-refractivity contribution is -0.126. The van der Waals surface area contributed by atoms with Crippen LogP contribution < -0.4 is 31.7 Å². The van der Waals surface area contributed by atoms with Crippen molar-refractivity contribution in [3.05, 3.63) is 30.0 Å². The number of rotatable bonds is 11. The number of ether oxygens (including phenoxy) is 1. The topological polar surface area (TPSA) is 133 Å². The number of likely N-dealkylation sites (N-methyl/N-ethyl adjacent to an activating group) is 1. The van der Waals surface area contributed by atoms with Crippen LogP contribution in [0.15, 0.2) is 24.3 Å². The van der Waals surface area contributed by atoms with Crippen molar-refractivity contribution in [2.24, 2.45) is 11.7 Å². The number of benzene rings is 1. The first-order valence-corrected chi connectivity index (χ1v) is 11.0. The van der Waals surface area contributed by atoms with Crippen LogP contribution in [-0.4, -0.2) is 62.8 Å². The summed E-state index contributed by atoms with van der Waals surface area (Å²) in [5.41, 5.74) is 6.76. The van der Waals surface area contributed by atoms with Crippen LogP contribution in [0.4, 0.5) is 0 Å². The number of hydrogen-bond donors (Lipinski definition) is 6. The number of amides is 2. The van der Waals surface area contributed by atoms with Gasteiger partial charge in [-0.05, 0) is 38.1 Å². The van der Waals surface area contributed by atoms with Crippen molar-refractivity contribution in [2.75, 3.05) is 40.0 Å². The van der Waals surface area contributed by atoms with E-state index in [-0.39, 0.29) is 30.4 Å². The number of hydrogen-bond acceptors (Lipinski definition) is 6. The molecule has 0 saturated heterocycles. The standard InChI is InChI=1S/C22H34N6O3/c1-24-8-9-25-10-11-31-16-7-6-15-12-20(27-19(15)13-16)22(30)28-18-5-3-2-4-17(18)21(29)26-14-23/h6-7,12-13,17-18,24-25,27H,2-5,8-11,14,23H2,1H3,(H,26,29)(H,28,30)/t17-,18+/m1/s1. The van der Waals surface area contributed by atoms with Gasteiger partial charge in [-0.25, -0.2) is 0 Å². The SMILES string of the molecule is CNCCNCCOc1ccc2cc(C(=O)N[C@H]3CCCC[C@H]3C(=O)NCN)[nH]c2c1. The van der Waals surface area contributed by atoms with Gasteiger partial charge in [-0.1, -0.05) is 12.8 Å². The summed E-state index contributed by atoms with van der Waals surface area (Å²) in [6.45, 7) is 3.24. The van der Waals surface area contributed by atoms with Gasteiger partial charge in [-0.15, -0.1) is 0 Å². The third-order valence-electron chi connectivity index (χ3n) is 5.63. The van der Waals surface area contributed by atoms with Crippen molar-refractivity contribution >= 4 is 22.7 Å². The predicted molar refractivity (Wildman–Crippen MR) is 121 cm³/mol. The Hall–Kier alpha value is -2.62. The molecule has 7 N–H and O–H groups in total. The van der Waals surface area contributed by atoms with Crippen molar-refractivity contribution in [1.82, 2.24) is 26.3 Å². The van der Waals surface area contributed by atoms with Crippen LogP contribution in [0.2, 0.25) is 0 Å². The van der Waals surface area contributed by atoms with E-state index in [4.69, 9.17) is 10.5 Å². The minimum atomic E-state index is -0.243. The highest BCUT2D eigenvalue weighted by molar-refractivity contribution is 5.98. The molecule has 9 heteroatoms. The first kappa shape index (κ1) is 23.1. The van der Waals surface area contributed by atoms with Crippen LogP contribution in [0.3, 0.4) is 0 Å². The number of aromatic nitrogens is 1. The third kappa shape index (κ3) is 6.43. The van der Waals surface area contributed by atoms with E-state index in [1.807, 2.05) is 31.3 Å². The summed E-state index contributed by atoms with van der Waals surface area (Å²) in [5, 5.41) is 13.0. The van der Waals surface area contributed by atoms with E-state index >= 15 is 0 Å². The number of carbonyl (C=O) groups is 2. The Morgan fingerprint density at radius 1 is 1.16 bits per heavy atom. The molecule has 9 nitrogen and oxygen atoms in total. The van der Waals surface area contributed by atoms with E-state index < -0.39 is 0 Å². The number of carbonyl (C=O) groups excluding carboxylic acids is 2. The summed E-state index contributed by atoms with van der Waals surface area (Å²) in [6.07, 6.45) is 3.52. The molecule has 1 heterocycles. The molecule has 2 amide bonds. The van der Waals surface area contributed by atoms with E-state index in [1.54, 1.807) is 0 Å². The van der Waals surface area contributed by atoms with Crippen LogP contribution in [0.25, 0.3) is 10.9 Å². The Balaban J connectivity index is 1.59. The second-order valence-electron chi connectivity index (χ2n) is 7.85. The predicted octanol–water partition coefficient (Wildman–Crippen LogP) is 0.677. The summed E-state index contributed by atoms with van der Waals surface area (Å²) in [4.78, 5) is 28.3. The Labute approximate surface area is 182 Å². The van der Waals surface area contributed by atoms with Gasteiger partial charge in [0, 0.05) is 42.6 Å². The molecule has 0 aliphatic heterocycles. The lowest BCUT2D eigenvalue weighted by Crippen LogP contribution is -2.49. The van der Waals surface area contributed by atoms with Crippen molar-refractivity contribution in [3.63, 3.8) is 0 Å². The van der Waals surface area contributed by atoms with Gasteiger partial charge in [0.05, 0.1) is 12.6 Å². The zero-order valence-corrected chi connectivity index (χ0v) is 18.1. The molecule has 1 aliphatic carbocycles. The zero-order chi connectivity index (χ0) is 22.1. The number of nitrogens with one attached hydrogen (secondary N) is 5. The minimum Gasteiger partial charge on any atom is -0.492 e. The van der Waals surface area contributed by atoms with E-state index in [9.17, 15) is 9.59 Å². The second-order valence-corrected chi connectivity index (χ2v) is 7.85. The lowest BCUT2D eigenvalue weighted by atomic mass is 9.83. The summed E-state index contributed by atoms with van der Waals surface area (Å²) in [7, 11) is 1.92. The van der Waals surface area contributed by atoms with Gasteiger partial charge in [-0.3, -0.25) is 9.59 Å². The highest BCUT2D eigenvalue weighted by Crippen LogP contribution is 2.26. The van der Waals surface area contributed by atoms with Gasteiger partial charge in [0.1, 0.15) is 18.1 Å². The Bertz CT molecular complexity index is 868. The highest BCUT2D eigenvalue weighted by atomic mass is 16.5. The molecule has 170 valence electrons. The molecular formula is C22H34N6O3. The summed E-state index contributed by atoms with van der Waals surface area (Å²) in [6, 6.07) is 7.38. The molecule has 0 bridgehead atoms. The van der Waals surface area contributed by atoms with Crippen LogP contribution in [0.1, 0.15) is 36.2 Å². The maximum atomic E-state index is 12.8. The van der Waals surface area contributed by atoms with Gasteiger partial charge >= 0.3 is 0 Å². The molecule has 1 fully saturated rings. The average molecular weight is 431 g/mol. The molecule has 1 aliphatic rings. The molecule has 1 saturated carbocycles. The fourth-order valence-electron chi connectivity index (χ4n) is 3.99. The average Bonchev–Trinajstić information content (AvgIpc) is 3.20. The molecular weight excluding hydrogens is 396 g/mol. The van der Waals surface area contributed by atoms with Crippen molar-refractivity contribution in [2.45, 2.75) is 31.7 Å². The summed E-state index contributed by atoms with van der Waals surface area (Å²) < 4.78 is 5.79. The van der Waals surface area contributed by atoms with Gasteiger partial charge < -0.3 is 36.7 Å². The van der Waals surface area contributed by atoms with Gasteiger partial charge in [0.15, 0.2) is 0 Å². The number of H-pyrrole nitrogens is 1. The van der Waals surface area contributed by atoms with Crippen molar-refractivity contribution < 1.29 is 14.3 Å². The summed E-state index contributed by atoms with van der Waals surface area (Å²) in [5.74, 6) is 0.214. The first-order chi connectivity index (χ1) is 15.1. The molecule has 3 rings (SSSR count). The molecule has 2 atom stereocenters. The van der Waals surface area contributed by atoms with Crippen LogP contribution in [0, 0.1) is 5.92 Å². The second kappa shape index (κ2) is 11.7. The van der Waals surface area contributed by atoms with E-state index in [2.05, 4.69) is 26.3 Å². The van der Waals surface area contributed by atoms with E-state index in [0.717, 1.165) is 62.0 Å². The molecule has 0 unspecified atom stereocenters. The monoisotopic (exact) mass is 430 g/mol. The number of nitrogens with two attached hydrogens (primary N) is 1. The molecule has 1 aromatic carbocycles. The fraction of sp³-hybridized carbons (Fsp3) is 0.545. The Morgan fingerprint density at radius 2 is 2.00 bits per heavy atom. The van der Waals surface area contributed by atoms with Gasteiger partial charge in [0.2, 0.25) is 5.91 Å². The van der Waals surface area contributed by atoms with Crippen LogP contribution in [-0.2, 0) is 4.79 Å². The largest absolute Gasteiger partial charge is 0.492 e. The summed E-state index contributed by atoms with van der Waals surface area (Å²) >= 11 is 0. The van der Waals surface area contributed by atoms with E-state index in [0.29, 0.717) is 12.3 Å². The molecule has 2 aromatic rings. The number of aromatic amines is 1. The van der Waals surface area contributed by atoms with Crippen LogP contribution in [0.5, 0.6) is 5.75 Å². The molecule has 1 aromatic heterocycles. The molecule has 31 heavy (non-hydrogen) atoms.